The summed E-state index contributed by atoms with van der Waals surface area (Å²) in [5.74, 6) is 0. The van der Waals surface area contributed by atoms with Gasteiger partial charge in [-0.25, -0.2) is 4.98 Å². The maximum absolute atomic E-state index is 13.5. The Morgan fingerprint density at radius 2 is 1.14 bits per heavy atom. The molecule has 0 aliphatic rings. The molecule has 0 unspecified atom stereocenters. The molecule has 4 aromatic carbocycles. The van der Waals surface area contributed by atoms with E-state index < -0.39 is 7.26 Å². The summed E-state index contributed by atoms with van der Waals surface area (Å²) in [5.41, 5.74) is 2.68. The van der Waals surface area contributed by atoms with Gasteiger partial charge in [0.2, 0.25) is 0 Å². The Bertz CT molecular complexity index is 1570. The normalized spacial score (nSPS) is 11.2. The molecule has 6 aromatic rings. The Balaban J connectivity index is 0.00000280. The SMILES string of the molecule is O=c1cc(C[P+](c2ccccc2)(c2ccccc2)c2ccccc2)nc2scc(-c3ccccc3)n12.[Cl-]. The first-order valence-electron chi connectivity index (χ1n) is 11.9. The molecule has 3 nitrogen and oxygen atoms in total. The molecule has 0 saturated heterocycles. The minimum atomic E-state index is -2.13. The second kappa shape index (κ2) is 10.8. The summed E-state index contributed by atoms with van der Waals surface area (Å²) < 4.78 is 1.73. The van der Waals surface area contributed by atoms with Crippen molar-refractivity contribution < 1.29 is 12.4 Å². The van der Waals surface area contributed by atoms with Crippen LogP contribution in [-0.2, 0) is 6.16 Å². The third-order valence-corrected chi connectivity index (χ3v) is 11.7. The van der Waals surface area contributed by atoms with Gasteiger partial charge >= 0.3 is 0 Å². The van der Waals surface area contributed by atoms with Crippen LogP contribution in [0.15, 0.2) is 138 Å². The standard InChI is InChI=1S/C31H24N2OPS.ClH/c34-30-21-25(32-31-33(30)29(23-36-31)24-13-5-1-6-14-24)22-35(26-15-7-2-8-16-26,27-17-9-3-10-18-27)28-19-11-4-12-20-28;/h1-21,23H,22H2;1H/q+1;/p-1. The molecule has 2 aromatic heterocycles. The molecule has 0 amide bonds. The fraction of sp³-hybridized carbons (Fsp3) is 0.0323. The fourth-order valence-electron chi connectivity index (χ4n) is 4.87. The van der Waals surface area contributed by atoms with Gasteiger partial charge in [0.25, 0.3) is 5.56 Å². The Morgan fingerprint density at radius 1 is 0.676 bits per heavy atom. The van der Waals surface area contributed by atoms with Crippen LogP contribution in [0.25, 0.3) is 16.2 Å². The van der Waals surface area contributed by atoms with Gasteiger partial charge in [-0.3, -0.25) is 9.20 Å². The third-order valence-electron chi connectivity index (χ3n) is 6.52. The molecular weight excluding hydrogens is 515 g/mol. The molecule has 0 bridgehead atoms. The first kappa shape index (κ1) is 25.1. The van der Waals surface area contributed by atoms with E-state index in [1.54, 1.807) is 10.5 Å². The van der Waals surface area contributed by atoms with E-state index in [1.807, 2.05) is 35.7 Å². The first-order valence-corrected chi connectivity index (χ1v) is 14.7. The number of halogens is 1. The topological polar surface area (TPSA) is 34.4 Å². The summed E-state index contributed by atoms with van der Waals surface area (Å²) in [6, 6.07) is 43.9. The Labute approximate surface area is 226 Å². The van der Waals surface area contributed by atoms with E-state index in [2.05, 4.69) is 91.0 Å². The van der Waals surface area contributed by atoms with Gasteiger partial charge in [-0.05, 0) is 42.0 Å². The van der Waals surface area contributed by atoms with E-state index in [9.17, 15) is 4.79 Å². The lowest BCUT2D eigenvalue weighted by Gasteiger charge is -2.27. The average molecular weight is 539 g/mol. The van der Waals surface area contributed by atoms with Crippen LogP contribution in [0, 0.1) is 0 Å². The highest BCUT2D eigenvalue weighted by atomic mass is 35.5. The van der Waals surface area contributed by atoms with Gasteiger partial charge in [0.1, 0.15) is 29.3 Å². The maximum atomic E-state index is 13.5. The number of fused-ring (bicyclic) bond motifs is 1. The molecule has 182 valence electrons. The minimum Gasteiger partial charge on any atom is -1.00 e. The van der Waals surface area contributed by atoms with E-state index in [1.165, 1.54) is 27.3 Å². The van der Waals surface area contributed by atoms with Gasteiger partial charge in [0.05, 0.1) is 11.4 Å². The van der Waals surface area contributed by atoms with Crippen molar-refractivity contribution in [2.24, 2.45) is 0 Å². The Hall–Kier alpha value is -3.56. The van der Waals surface area contributed by atoms with Crippen molar-refractivity contribution in [1.82, 2.24) is 9.38 Å². The third kappa shape index (κ3) is 4.65. The van der Waals surface area contributed by atoms with E-state index in [4.69, 9.17) is 4.98 Å². The van der Waals surface area contributed by atoms with Crippen LogP contribution >= 0.6 is 18.6 Å². The predicted molar refractivity (Wildman–Crippen MR) is 154 cm³/mol. The highest BCUT2D eigenvalue weighted by Crippen LogP contribution is 2.57. The number of nitrogens with zero attached hydrogens (tertiary/aromatic N) is 2. The number of aromatic nitrogens is 2. The zero-order valence-corrected chi connectivity index (χ0v) is 22.4. The second-order valence-electron chi connectivity index (χ2n) is 8.67. The van der Waals surface area contributed by atoms with Gasteiger partial charge in [-0.2, -0.15) is 0 Å². The largest absolute Gasteiger partial charge is 1.00 e. The lowest BCUT2D eigenvalue weighted by molar-refractivity contribution is -0.00000705. The van der Waals surface area contributed by atoms with Gasteiger partial charge in [-0.1, -0.05) is 84.9 Å². The van der Waals surface area contributed by atoms with Crippen molar-refractivity contribution in [2.75, 3.05) is 0 Å². The second-order valence-corrected chi connectivity index (χ2v) is 13.0. The molecule has 0 atom stereocenters. The zero-order valence-electron chi connectivity index (χ0n) is 19.9. The monoisotopic (exact) mass is 538 g/mol. The molecule has 6 rings (SSSR count). The van der Waals surface area contributed by atoms with E-state index in [0.29, 0.717) is 6.16 Å². The van der Waals surface area contributed by atoms with Gasteiger partial charge in [0.15, 0.2) is 4.96 Å². The number of hydrogen-bond acceptors (Lipinski definition) is 3. The molecule has 0 saturated carbocycles. The van der Waals surface area contributed by atoms with Crippen molar-refractivity contribution >= 4 is 39.5 Å². The lowest BCUT2D eigenvalue weighted by atomic mass is 10.2. The molecule has 0 N–H and O–H groups in total. The molecule has 37 heavy (non-hydrogen) atoms. The highest BCUT2D eigenvalue weighted by molar-refractivity contribution is 7.95. The van der Waals surface area contributed by atoms with Crippen molar-refractivity contribution in [3.8, 4) is 11.3 Å². The number of rotatable bonds is 6. The highest BCUT2D eigenvalue weighted by Gasteiger charge is 2.46. The average Bonchev–Trinajstić information content (AvgIpc) is 3.38. The van der Waals surface area contributed by atoms with Gasteiger partial charge < -0.3 is 12.4 Å². The molecule has 0 aliphatic heterocycles. The van der Waals surface area contributed by atoms with Crippen molar-refractivity contribution in [3.63, 3.8) is 0 Å². The zero-order chi connectivity index (χ0) is 24.4. The molecule has 0 fully saturated rings. The quantitative estimate of drug-likeness (QED) is 0.306. The van der Waals surface area contributed by atoms with Crippen molar-refractivity contribution in [1.29, 1.82) is 0 Å². The first-order chi connectivity index (χ1) is 17.8. The molecule has 0 radical (unpaired) electrons. The fourth-order valence-corrected chi connectivity index (χ4v) is 9.92. The molecule has 6 heteroatoms. The summed E-state index contributed by atoms with van der Waals surface area (Å²) in [6.45, 7) is 0. The van der Waals surface area contributed by atoms with Crippen LogP contribution in [0.5, 0.6) is 0 Å². The molecule has 2 heterocycles. The number of thiazole rings is 1. The van der Waals surface area contributed by atoms with Crippen LogP contribution in [0.1, 0.15) is 5.69 Å². The predicted octanol–water partition coefficient (Wildman–Crippen LogP) is 2.92. The smallest absolute Gasteiger partial charge is 0.259 e. The van der Waals surface area contributed by atoms with Crippen LogP contribution in [0.3, 0.4) is 0 Å². The summed E-state index contributed by atoms with van der Waals surface area (Å²) in [7, 11) is -2.13. The Morgan fingerprint density at radius 3 is 1.62 bits per heavy atom. The summed E-state index contributed by atoms with van der Waals surface area (Å²) >= 11 is 1.51. The summed E-state index contributed by atoms with van der Waals surface area (Å²) in [4.78, 5) is 19.3. The summed E-state index contributed by atoms with van der Waals surface area (Å²) in [6.07, 6.45) is 0.676. The van der Waals surface area contributed by atoms with Crippen LogP contribution in [0.2, 0.25) is 0 Å². The minimum absolute atomic E-state index is 0. The van der Waals surface area contributed by atoms with Crippen LogP contribution in [-0.4, -0.2) is 9.38 Å². The van der Waals surface area contributed by atoms with Crippen molar-refractivity contribution in [3.05, 3.63) is 149 Å². The van der Waals surface area contributed by atoms with Gasteiger partial charge in [-0.15, -0.1) is 11.3 Å². The lowest BCUT2D eigenvalue weighted by Crippen LogP contribution is -3.00. The number of benzene rings is 4. The van der Waals surface area contributed by atoms with E-state index in [-0.39, 0.29) is 18.0 Å². The van der Waals surface area contributed by atoms with Crippen LogP contribution in [0.4, 0.5) is 0 Å². The molecular formula is C31H24ClN2OPS. The Kier molecular flexibility index (Phi) is 7.34. The van der Waals surface area contributed by atoms with Crippen LogP contribution < -0.4 is 33.9 Å². The van der Waals surface area contributed by atoms with Crippen molar-refractivity contribution in [2.45, 2.75) is 6.16 Å². The molecule has 0 aliphatic carbocycles. The maximum Gasteiger partial charge on any atom is 0.259 e. The number of hydrogen-bond donors (Lipinski definition) is 0. The summed E-state index contributed by atoms with van der Waals surface area (Å²) in [5, 5.41) is 5.86. The molecule has 0 spiro atoms. The van der Waals surface area contributed by atoms with Gasteiger partial charge in [0, 0.05) is 11.4 Å². The van der Waals surface area contributed by atoms with E-state index >= 15 is 0 Å². The van der Waals surface area contributed by atoms with E-state index in [0.717, 1.165) is 21.9 Å².